The van der Waals surface area contributed by atoms with Gasteiger partial charge in [-0.25, -0.2) is 4.99 Å². The number of halogens is 3. The van der Waals surface area contributed by atoms with Crippen LogP contribution >= 0.6 is 0 Å². The first-order valence-electron chi connectivity index (χ1n) is 8.27. The van der Waals surface area contributed by atoms with Gasteiger partial charge in [0.1, 0.15) is 24.4 Å². The van der Waals surface area contributed by atoms with E-state index in [2.05, 4.69) is 4.99 Å². The Morgan fingerprint density at radius 1 is 1.00 bits per heavy atom. The summed E-state index contributed by atoms with van der Waals surface area (Å²) in [6, 6.07) is 2.70. The number of hydrogen-bond acceptors (Lipinski definition) is 8. The summed E-state index contributed by atoms with van der Waals surface area (Å²) in [4.78, 5) is 16.1. The predicted octanol–water partition coefficient (Wildman–Crippen LogP) is -0.910. The molecule has 1 aromatic rings. The van der Waals surface area contributed by atoms with Gasteiger partial charge in [0.15, 0.2) is 5.78 Å². The van der Waals surface area contributed by atoms with Crippen LogP contribution in [0.25, 0.3) is 0 Å². The monoisotopic (exact) mass is 407 g/mol. The zero-order chi connectivity index (χ0) is 21.2. The normalized spacial score (nSPS) is 20.0. The summed E-state index contributed by atoms with van der Waals surface area (Å²) in [5, 5.41) is 57.2. The molecule has 1 aliphatic heterocycles. The zero-order valence-electron chi connectivity index (χ0n) is 14.4. The van der Waals surface area contributed by atoms with Gasteiger partial charge < -0.3 is 30.6 Å². The molecule has 1 unspecified atom stereocenters. The number of hydrogen-bond donors (Lipinski definition) is 6. The molecule has 1 aliphatic rings. The summed E-state index contributed by atoms with van der Waals surface area (Å²) in [6.07, 6.45) is -15.0. The number of ketones is 1. The van der Waals surface area contributed by atoms with Crippen LogP contribution in [0.15, 0.2) is 23.2 Å². The molecule has 5 atom stereocenters. The maximum Gasteiger partial charge on any atom is 0.416 e. The molecule has 0 radical (unpaired) electrons. The van der Waals surface area contributed by atoms with E-state index in [0.717, 1.165) is 18.2 Å². The Balaban J connectivity index is 2.15. The first kappa shape index (κ1) is 22.4. The van der Waals surface area contributed by atoms with Crippen LogP contribution in [0.5, 0.6) is 0 Å². The van der Waals surface area contributed by atoms with Crippen LogP contribution in [0.2, 0.25) is 0 Å². The van der Waals surface area contributed by atoms with Crippen molar-refractivity contribution in [2.45, 2.75) is 49.5 Å². The van der Waals surface area contributed by atoms with Crippen molar-refractivity contribution in [1.29, 1.82) is 0 Å². The van der Waals surface area contributed by atoms with Crippen LogP contribution in [0.4, 0.5) is 18.9 Å². The summed E-state index contributed by atoms with van der Waals surface area (Å²) in [5.41, 5.74) is -0.961. The molecule has 0 fully saturated rings. The molecule has 0 saturated heterocycles. The van der Waals surface area contributed by atoms with Gasteiger partial charge in [-0.15, -0.1) is 0 Å². The van der Waals surface area contributed by atoms with E-state index in [-0.39, 0.29) is 23.4 Å². The van der Waals surface area contributed by atoms with E-state index in [9.17, 15) is 43.5 Å². The molecule has 0 saturated carbocycles. The maximum absolute atomic E-state index is 12.8. The Hall–Kier alpha value is -1.89. The van der Waals surface area contributed by atoms with Crippen LogP contribution < -0.4 is 0 Å². The van der Waals surface area contributed by atoms with Gasteiger partial charge in [0, 0.05) is 12.8 Å². The molecule has 28 heavy (non-hydrogen) atoms. The molecule has 0 aromatic heterocycles. The van der Waals surface area contributed by atoms with Crippen molar-refractivity contribution >= 4 is 17.2 Å². The predicted molar refractivity (Wildman–Crippen MR) is 89.0 cm³/mol. The first-order valence-corrected chi connectivity index (χ1v) is 8.27. The third-order valence-electron chi connectivity index (χ3n) is 4.41. The highest BCUT2D eigenvalue weighted by molar-refractivity contribution is 6.41. The zero-order valence-corrected chi connectivity index (χ0v) is 14.4. The van der Waals surface area contributed by atoms with Crippen LogP contribution in [0.3, 0.4) is 0 Å². The number of Topliss-reactive ketones (excluding diaryl/α,β-unsaturated/α-hetero) is 1. The van der Waals surface area contributed by atoms with Gasteiger partial charge >= 0.3 is 6.18 Å². The second-order valence-electron chi connectivity index (χ2n) is 6.49. The fourth-order valence-corrected chi connectivity index (χ4v) is 2.74. The van der Waals surface area contributed by atoms with Crippen LogP contribution in [0, 0.1) is 0 Å². The SMILES string of the molecule is O=C1Cc2cc(C(F)(F)F)ccc2N=C1C[C@@H](O)[C@@H](O)C(O)[C@H](O)[C@H](O)CO. The molecule has 6 N–H and O–H groups in total. The highest BCUT2D eigenvalue weighted by Gasteiger charge is 2.36. The number of fused-ring (bicyclic) bond motifs is 1. The number of aliphatic hydroxyl groups excluding tert-OH is 6. The lowest BCUT2D eigenvalue weighted by molar-refractivity contribution is -0.139. The Morgan fingerprint density at radius 3 is 2.18 bits per heavy atom. The minimum Gasteiger partial charge on any atom is -0.394 e. The molecular weight excluding hydrogens is 387 g/mol. The number of aliphatic imine (C=N–C) groups is 1. The largest absolute Gasteiger partial charge is 0.416 e. The van der Waals surface area contributed by atoms with Crippen molar-refractivity contribution in [3.05, 3.63) is 29.3 Å². The lowest BCUT2D eigenvalue weighted by Crippen LogP contribution is -2.50. The second kappa shape index (κ2) is 8.64. The minimum atomic E-state index is -4.57. The van der Waals surface area contributed by atoms with Gasteiger partial charge in [0.25, 0.3) is 0 Å². The third-order valence-corrected chi connectivity index (χ3v) is 4.41. The summed E-state index contributed by atoms with van der Waals surface area (Å²) in [5.74, 6) is -0.663. The maximum atomic E-state index is 12.8. The molecule has 156 valence electrons. The number of aliphatic hydroxyl groups is 6. The molecule has 0 amide bonds. The minimum absolute atomic E-state index is 0.0696. The molecule has 0 spiro atoms. The van der Waals surface area contributed by atoms with Crippen molar-refractivity contribution in [2.75, 3.05) is 6.61 Å². The van der Waals surface area contributed by atoms with Crippen molar-refractivity contribution in [3.8, 4) is 0 Å². The van der Waals surface area contributed by atoms with Gasteiger partial charge in [0.05, 0.1) is 29.7 Å². The van der Waals surface area contributed by atoms with E-state index in [1.54, 1.807) is 0 Å². The summed E-state index contributed by atoms with van der Waals surface area (Å²) < 4.78 is 38.3. The summed E-state index contributed by atoms with van der Waals surface area (Å²) in [6.45, 7) is -0.900. The standard InChI is InChI=1S/C17H20F3NO7/c18-17(19,20)8-1-2-9-7(3-8)4-11(23)10(21-9)5-12(24)14(26)16(28)15(27)13(25)6-22/h1-3,12-16,22,24-28H,4-6H2/t12-,13-,14-,15-,16?/m1/s1. The molecule has 2 rings (SSSR count). The lowest BCUT2D eigenvalue weighted by atomic mass is 9.92. The molecule has 1 aromatic carbocycles. The quantitative estimate of drug-likeness (QED) is 0.342. The van der Waals surface area contributed by atoms with E-state index in [0.29, 0.717) is 0 Å². The highest BCUT2D eigenvalue weighted by atomic mass is 19.4. The summed E-state index contributed by atoms with van der Waals surface area (Å²) >= 11 is 0. The summed E-state index contributed by atoms with van der Waals surface area (Å²) in [7, 11) is 0. The lowest BCUT2D eigenvalue weighted by Gasteiger charge is -2.29. The fraction of sp³-hybridized carbons (Fsp3) is 0.529. The second-order valence-corrected chi connectivity index (χ2v) is 6.49. The number of carbonyl (C=O) groups excluding carboxylic acids is 1. The Kier molecular flexibility index (Phi) is 6.91. The van der Waals surface area contributed by atoms with Crippen LogP contribution in [-0.2, 0) is 17.4 Å². The van der Waals surface area contributed by atoms with Crippen molar-refractivity contribution in [1.82, 2.24) is 0 Å². The molecule has 1 heterocycles. The highest BCUT2D eigenvalue weighted by Crippen LogP contribution is 2.34. The van der Waals surface area contributed by atoms with Crippen LogP contribution in [-0.4, -0.2) is 79.3 Å². The molecule has 8 nitrogen and oxygen atoms in total. The number of nitrogens with zero attached hydrogens (tertiary/aromatic N) is 1. The van der Waals surface area contributed by atoms with E-state index < -0.39 is 61.1 Å². The number of benzene rings is 1. The number of carbonyl (C=O) groups is 1. The van der Waals surface area contributed by atoms with Gasteiger partial charge in [-0.1, -0.05) is 0 Å². The fourth-order valence-electron chi connectivity index (χ4n) is 2.74. The topological polar surface area (TPSA) is 151 Å². The first-order chi connectivity index (χ1) is 13.0. The van der Waals surface area contributed by atoms with E-state index >= 15 is 0 Å². The Morgan fingerprint density at radius 2 is 1.61 bits per heavy atom. The van der Waals surface area contributed by atoms with Crippen LogP contribution in [0.1, 0.15) is 17.5 Å². The van der Waals surface area contributed by atoms with E-state index in [1.807, 2.05) is 0 Å². The number of rotatable bonds is 7. The Labute approximate surface area is 157 Å². The van der Waals surface area contributed by atoms with Gasteiger partial charge in [-0.3, -0.25) is 4.79 Å². The average molecular weight is 407 g/mol. The molecular formula is C17H20F3NO7. The van der Waals surface area contributed by atoms with E-state index in [1.165, 1.54) is 0 Å². The smallest absolute Gasteiger partial charge is 0.394 e. The average Bonchev–Trinajstić information content (AvgIpc) is 2.64. The van der Waals surface area contributed by atoms with Gasteiger partial charge in [-0.05, 0) is 23.8 Å². The molecule has 0 bridgehead atoms. The molecule has 11 heteroatoms. The van der Waals surface area contributed by atoms with Gasteiger partial charge in [-0.2, -0.15) is 13.2 Å². The van der Waals surface area contributed by atoms with Crippen molar-refractivity contribution in [3.63, 3.8) is 0 Å². The van der Waals surface area contributed by atoms with Crippen molar-refractivity contribution in [2.24, 2.45) is 4.99 Å². The Bertz CT molecular complexity index is 753. The van der Waals surface area contributed by atoms with E-state index in [4.69, 9.17) is 5.11 Å². The van der Waals surface area contributed by atoms with Gasteiger partial charge in [0.2, 0.25) is 0 Å². The number of alkyl halides is 3. The molecule has 0 aliphatic carbocycles. The third kappa shape index (κ3) is 4.93. The van der Waals surface area contributed by atoms with Crippen molar-refractivity contribution < 1.29 is 48.6 Å².